The summed E-state index contributed by atoms with van der Waals surface area (Å²) in [6, 6.07) is 7.17. The van der Waals surface area contributed by atoms with Crippen LogP contribution in [0, 0.1) is 5.92 Å². The molecule has 136 valence electrons. The Kier molecular flexibility index (Phi) is 6.69. The van der Waals surface area contributed by atoms with Gasteiger partial charge in [-0.2, -0.15) is 0 Å². The first-order valence-corrected chi connectivity index (χ1v) is 9.11. The molecule has 0 radical (unpaired) electrons. The highest BCUT2D eigenvalue weighted by molar-refractivity contribution is 8.00. The number of thioether (sulfide) groups is 1. The number of hydrogen-bond acceptors (Lipinski definition) is 5. The Labute approximate surface area is 151 Å². The third kappa shape index (κ3) is 4.88. The normalized spacial score (nSPS) is 12.2. The minimum atomic E-state index is -0.368. The average Bonchev–Trinajstić information content (AvgIpc) is 2.93. The number of hydrogen-bond donors (Lipinski definition) is 2. The van der Waals surface area contributed by atoms with E-state index in [1.807, 2.05) is 20.8 Å². The van der Waals surface area contributed by atoms with Crippen molar-refractivity contribution in [2.24, 2.45) is 5.92 Å². The van der Waals surface area contributed by atoms with Crippen molar-refractivity contribution in [1.82, 2.24) is 14.8 Å². The number of H-pyrrole nitrogens is 1. The molecule has 2 N–H and O–H groups in total. The second kappa shape index (κ2) is 8.75. The molecule has 1 atom stereocenters. The number of benzene rings is 1. The van der Waals surface area contributed by atoms with Crippen LogP contribution in [-0.2, 0) is 11.3 Å². The van der Waals surface area contributed by atoms with E-state index in [4.69, 9.17) is 4.74 Å². The molecule has 8 heteroatoms. The predicted molar refractivity (Wildman–Crippen MR) is 99.2 cm³/mol. The molecule has 25 heavy (non-hydrogen) atoms. The van der Waals surface area contributed by atoms with Crippen molar-refractivity contribution in [3.63, 3.8) is 0 Å². The van der Waals surface area contributed by atoms with E-state index in [1.165, 1.54) is 11.8 Å². The van der Waals surface area contributed by atoms with Crippen LogP contribution < -0.4 is 15.7 Å². The molecular weight excluding hydrogens is 340 g/mol. The Bertz CT molecular complexity index is 752. The van der Waals surface area contributed by atoms with Crippen molar-refractivity contribution in [1.29, 1.82) is 0 Å². The van der Waals surface area contributed by atoms with Gasteiger partial charge >= 0.3 is 5.69 Å². The summed E-state index contributed by atoms with van der Waals surface area (Å²) < 4.78 is 6.69. The van der Waals surface area contributed by atoms with Gasteiger partial charge in [-0.05, 0) is 36.6 Å². The Hall–Kier alpha value is -2.22. The van der Waals surface area contributed by atoms with Crippen LogP contribution in [0.15, 0.2) is 34.2 Å². The molecule has 0 aliphatic rings. The summed E-state index contributed by atoms with van der Waals surface area (Å²) in [6.07, 6.45) is 0.817. The van der Waals surface area contributed by atoms with E-state index >= 15 is 0 Å². The molecule has 0 unspecified atom stereocenters. The average molecular weight is 364 g/mol. The van der Waals surface area contributed by atoms with Gasteiger partial charge in [-0.1, -0.05) is 32.5 Å². The topological polar surface area (TPSA) is 89.0 Å². The summed E-state index contributed by atoms with van der Waals surface area (Å²) in [6.45, 7) is 6.51. The fourth-order valence-corrected chi connectivity index (χ4v) is 3.37. The Morgan fingerprint density at radius 1 is 1.36 bits per heavy atom. The highest BCUT2D eigenvalue weighted by Crippen LogP contribution is 2.27. The van der Waals surface area contributed by atoms with Gasteiger partial charge in [0.1, 0.15) is 5.75 Å². The quantitative estimate of drug-likeness (QED) is 0.703. The van der Waals surface area contributed by atoms with E-state index in [9.17, 15) is 9.59 Å². The van der Waals surface area contributed by atoms with Crippen LogP contribution >= 0.6 is 11.8 Å². The van der Waals surface area contributed by atoms with E-state index in [1.54, 1.807) is 35.9 Å². The predicted octanol–water partition coefficient (Wildman–Crippen LogP) is 2.75. The first-order chi connectivity index (χ1) is 12.0. The molecule has 0 saturated heterocycles. The van der Waals surface area contributed by atoms with Gasteiger partial charge in [0.15, 0.2) is 5.16 Å². The summed E-state index contributed by atoms with van der Waals surface area (Å²) >= 11 is 1.30. The van der Waals surface area contributed by atoms with Crippen molar-refractivity contribution < 1.29 is 9.53 Å². The van der Waals surface area contributed by atoms with Crippen molar-refractivity contribution in [3.8, 4) is 5.75 Å². The fraction of sp³-hybridized carbons (Fsp3) is 0.471. The molecule has 1 amide bonds. The van der Waals surface area contributed by atoms with E-state index in [0.29, 0.717) is 17.4 Å². The number of aromatic amines is 1. The number of anilines is 1. The van der Waals surface area contributed by atoms with E-state index in [2.05, 4.69) is 15.5 Å². The largest absolute Gasteiger partial charge is 0.497 e. The standard InChI is InChI=1S/C17H24N4O3S/c1-5-10-21-16(23)19-20-17(21)25-14(11(2)3)15(22)18-12-6-8-13(24-4)9-7-12/h6-9,11,14H,5,10H2,1-4H3,(H,18,22)(H,19,23)/t14-/m0/s1. The fourth-order valence-electron chi connectivity index (χ4n) is 2.31. The lowest BCUT2D eigenvalue weighted by Gasteiger charge is -2.19. The number of methoxy groups -OCH3 is 1. The van der Waals surface area contributed by atoms with E-state index in [-0.39, 0.29) is 22.8 Å². The molecule has 0 fully saturated rings. The van der Waals surface area contributed by atoms with Gasteiger partial charge in [0, 0.05) is 12.2 Å². The number of nitrogens with zero attached hydrogens (tertiary/aromatic N) is 2. The van der Waals surface area contributed by atoms with Crippen molar-refractivity contribution in [2.45, 2.75) is 44.1 Å². The summed E-state index contributed by atoms with van der Waals surface area (Å²) in [4.78, 5) is 24.5. The first-order valence-electron chi connectivity index (χ1n) is 8.23. The second-order valence-corrected chi connectivity index (χ2v) is 7.07. The van der Waals surface area contributed by atoms with Crippen LogP contribution in [0.3, 0.4) is 0 Å². The summed E-state index contributed by atoms with van der Waals surface area (Å²) in [5, 5.41) is 9.60. The van der Waals surface area contributed by atoms with Crippen LogP contribution in [0.1, 0.15) is 27.2 Å². The number of amides is 1. The van der Waals surface area contributed by atoms with Gasteiger partial charge in [0.05, 0.1) is 12.4 Å². The highest BCUT2D eigenvalue weighted by atomic mass is 32.2. The molecule has 0 aliphatic carbocycles. The van der Waals surface area contributed by atoms with Crippen molar-refractivity contribution in [2.75, 3.05) is 12.4 Å². The molecule has 1 aromatic carbocycles. The second-order valence-electron chi connectivity index (χ2n) is 5.96. The third-order valence-corrected chi connectivity index (χ3v) is 5.16. The number of nitrogens with one attached hydrogen (secondary N) is 2. The molecule has 0 bridgehead atoms. The van der Waals surface area contributed by atoms with Crippen LogP contribution in [0.25, 0.3) is 0 Å². The lowest BCUT2D eigenvalue weighted by Crippen LogP contribution is -2.30. The zero-order valence-electron chi connectivity index (χ0n) is 14.9. The molecule has 0 spiro atoms. The molecule has 1 heterocycles. The first kappa shape index (κ1) is 19.1. The van der Waals surface area contributed by atoms with Gasteiger partial charge in [-0.25, -0.2) is 9.89 Å². The number of carbonyl (C=O) groups excluding carboxylic acids is 1. The van der Waals surface area contributed by atoms with Crippen LogP contribution in [0.2, 0.25) is 0 Å². The molecule has 2 rings (SSSR count). The van der Waals surface area contributed by atoms with E-state index < -0.39 is 0 Å². The lowest BCUT2D eigenvalue weighted by atomic mass is 10.1. The smallest absolute Gasteiger partial charge is 0.343 e. The monoisotopic (exact) mass is 364 g/mol. The maximum atomic E-state index is 12.7. The maximum Gasteiger partial charge on any atom is 0.343 e. The minimum absolute atomic E-state index is 0.0742. The van der Waals surface area contributed by atoms with Gasteiger partial charge in [0.25, 0.3) is 0 Å². The van der Waals surface area contributed by atoms with Crippen LogP contribution in [-0.4, -0.2) is 33.0 Å². The Balaban J connectivity index is 2.14. The van der Waals surface area contributed by atoms with Gasteiger partial charge in [-0.3, -0.25) is 9.36 Å². The molecule has 2 aromatic rings. The number of rotatable bonds is 8. The summed E-state index contributed by atoms with van der Waals surface area (Å²) in [7, 11) is 1.60. The zero-order chi connectivity index (χ0) is 18.4. The highest BCUT2D eigenvalue weighted by Gasteiger charge is 2.26. The van der Waals surface area contributed by atoms with Crippen molar-refractivity contribution in [3.05, 3.63) is 34.7 Å². The van der Waals surface area contributed by atoms with Gasteiger partial charge in [-0.15, -0.1) is 5.10 Å². The Morgan fingerprint density at radius 3 is 2.60 bits per heavy atom. The molecule has 7 nitrogen and oxygen atoms in total. The van der Waals surface area contributed by atoms with Crippen LogP contribution in [0.5, 0.6) is 5.75 Å². The number of carbonyl (C=O) groups is 1. The molecule has 0 saturated carbocycles. The summed E-state index contributed by atoms with van der Waals surface area (Å²) in [5.74, 6) is 0.682. The Morgan fingerprint density at radius 2 is 2.04 bits per heavy atom. The van der Waals surface area contributed by atoms with Gasteiger partial charge in [0.2, 0.25) is 5.91 Å². The molecule has 1 aromatic heterocycles. The number of aromatic nitrogens is 3. The minimum Gasteiger partial charge on any atom is -0.497 e. The van der Waals surface area contributed by atoms with Crippen molar-refractivity contribution >= 4 is 23.4 Å². The maximum absolute atomic E-state index is 12.7. The SMILES string of the molecule is CCCn1c(S[C@H](C(=O)Nc2ccc(OC)cc2)C(C)C)n[nH]c1=O. The van der Waals surface area contributed by atoms with E-state index in [0.717, 1.165) is 12.2 Å². The lowest BCUT2D eigenvalue weighted by molar-refractivity contribution is -0.116. The molecule has 0 aliphatic heterocycles. The third-order valence-electron chi connectivity index (χ3n) is 3.62. The summed E-state index contributed by atoms with van der Waals surface area (Å²) in [5.41, 5.74) is 0.451. The number of ether oxygens (including phenoxy) is 1. The zero-order valence-corrected chi connectivity index (χ0v) is 15.7. The molecular formula is C17H24N4O3S. The van der Waals surface area contributed by atoms with Gasteiger partial charge < -0.3 is 10.1 Å². The van der Waals surface area contributed by atoms with Crippen LogP contribution in [0.4, 0.5) is 5.69 Å².